The number of rotatable bonds is 1. The number of benzene rings is 1. The van der Waals surface area contributed by atoms with Gasteiger partial charge in [0.25, 0.3) is 0 Å². The summed E-state index contributed by atoms with van der Waals surface area (Å²) in [5.74, 6) is 1.59. The van der Waals surface area contributed by atoms with Crippen LogP contribution in [0.4, 0.5) is 0 Å². The van der Waals surface area contributed by atoms with Crippen molar-refractivity contribution in [1.82, 2.24) is 4.90 Å². The molecule has 6 aliphatic rings. The third kappa shape index (κ3) is 1.65. The normalized spacial score (nSPS) is 43.7. The lowest BCUT2D eigenvalue weighted by Gasteiger charge is -2.41. The van der Waals surface area contributed by atoms with E-state index in [1.165, 1.54) is 0 Å². The topological polar surface area (TPSA) is 60.4 Å². The van der Waals surface area contributed by atoms with Crippen molar-refractivity contribution in [3.05, 3.63) is 23.3 Å². The Labute approximate surface area is 146 Å². The molecule has 0 aromatic heterocycles. The fourth-order valence-electron chi connectivity index (χ4n) is 6.16. The average molecular weight is 345 g/mol. The van der Waals surface area contributed by atoms with Crippen LogP contribution >= 0.6 is 0 Å². The van der Waals surface area contributed by atoms with Crippen molar-refractivity contribution in [3.8, 4) is 11.5 Å². The van der Waals surface area contributed by atoms with Crippen LogP contribution in [0.5, 0.6) is 11.5 Å². The van der Waals surface area contributed by atoms with Gasteiger partial charge in [0.05, 0.1) is 18.8 Å². The van der Waals surface area contributed by atoms with Gasteiger partial charge < -0.3 is 24.1 Å². The van der Waals surface area contributed by atoms with E-state index >= 15 is 0 Å². The molecule has 4 bridgehead atoms. The molecule has 5 atom stereocenters. The molecular weight excluding hydrogens is 322 g/mol. The van der Waals surface area contributed by atoms with Crippen LogP contribution in [0.25, 0.3) is 0 Å². The van der Waals surface area contributed by atoms with E-state index in [2.05, 4.69) is 17.0 Å². The molecule has 0 amide bonds. The van der Waals surface area contributed by atoms with Crippen molar-refractivity contribution in [1.29, 1.82) is 0 Å². The Morgan fingerprint density at radius 2 is 2.04 bits per heavy atom. The van der Waals surface area contributed by atoms with Gasteiger partial charge in [-0.15, -0.1) is 0 Å². The van der Waals surface area contributed by atoms with Gasteiger partial charge in [0.2, 0.25) is 6.79 Å². The van der Waals surface area contributed by atoms with Crippen molar-refractivity contribution in [2.75, 3.05) is 33.6 Å². The van der Waals surface area contributed by atoms with E-state index in [1.807, 2.05) is 0 Å². The van der Waals surface area contributed by atoms with Crippen LogP contribution < -0.4 is 9.47 Å². The number of ether oxygens (including phenoxy) is 4. The highest BCUT2D eigenvalue weighted by atomic mass is 16.7. The van der Waals surface area contributed by atoms with Crippen LogP contribution in [-0.2, 0) is 9.47 Å². The zero-order chi connectivity index (χ0) is 16.8. The standard InChI is InChI=1S/C19H23NO5/c1-22-19-8-18-3-2-4-20(18)7-15(23-9-19)11-5-13-14(25-10-24-13)6-12(11)16(18)17(19)21/h5-6,15-17,21H,2-4,7-10H2,1H3/t15-,16-,17?,18+,19?/m1/s1. The predicted molar refractivity (Wildman–Crippen MR) is 87.9 cm³/mol. The minimum Gasteiger partial charge on any atom is -0.454 e. The van der Waals surface area contributed by atoms with Crippen molar-refractivity contribution in [2.24, 2.45) is 0 Å². The number of nitrogens with zero attached hydrogens (tertiary/aromatic N) is 1. The van der Waals surface area contributed by atoms with Gasteiger partial charge in [0.1, 0.15) is 5.60 Å². The summed E-state index contributed by atoms with van der Waals surface area (Å²) >= 11 is 0. The summed E-state index contributed by atoms with van der Waals surface area (Å²) in [6.07, 6.45) is 2.48. The molecule has 1 spiro atoms. The maximum absolute atomic E-state index is 11.4. The van der Waals surface area contributed by atoms with E-state index in [0.29, 0.717) is 6.61 Å². The summed E-state index contributed by atoms with van der Waals surface area (Å²) in [5.41, 5.74) is 1.63. The summed E-state index contributed by atoms with van der Waals surface area (Å²) in [6, 6.07) is 4.16. The summed E-state index contributed by atoms with van der Waals surface area (Å²) in [6.45, 7) is 2.63. The third-order valence-electron chi connectivity index (χ3n) is 7.29. The first kappa shape index (κ1) is 14.8. The maximum Gasteiger partial charge on any atom is 0.231 e. The smallest absolute Gasteiger partial charge is 0.231 e. The molecule has 7 rings (SSSR count). The Morgan fingerprint density at radius 3 is 2.84 bits per heavy atom. The summed E-state index contributed by atoms with van der Waals surface area (Å²) in [4.78, 5) is 2.55. The molecule has 5 heterocycles. The lowest BCUT2D eigenvalue weighted by atomic mass is 9.78. The first-order chi connectivity index (χ1) is 12.2. The maximum atomic E-state index is 11.4. The molecule has 3 fully saturated rings. The zero-order valence-corrected chi connectivity index (χ0v) is 14.4. The van der Waals surface area contributed by atoms with E-state index in [9.17, 15) is 5.11 Å². The predicted octanol–water partition coefficient (Wildman–Crippen LogP) is 1.57. The highest BCUT2D eigenvalue weighted by Crippen LogP contribution is 2.62. The second-order valence-electron chi connectivity index (χ2n) is 8.16. The Kier molecular flexibility index (Phi) is 2.77. The van der Waals surface area contributed by atoms with Crippen molar-refractivity contribution >= 4 is 0 Å². The molecule has 2 unspecified atom stereocenters. The Hall–Kier alpha value is -1.34. The van der Waals surface area contributed by atoms with Crippen LogP contribution in [0.15, 0.2) is 12.1 Å². The van der Waals surface area contributed by atoms with E-state index < -0.39 is 11.7 Å². The molecule has 0 radical (unpaired) electrons. The lowest BCUT2D eigenvalue weighted by Crippen LogP contribution is -2.50. The van der Waals surface area contributed by atoms with Gasteiger partial charge in [-0.25, -0.2) is 0 Å². The molecular formula is C19H23NO5. The quantitative estimate of drug-likeness (QED) is 0.834. The SMILES string of the molecule is COC12CO[C@@H]3CN4CCC[C@]4(C1)[C@H](c1cc4c(cc13)OCO4)C2O. The van der Waals surface area contributed by atoms with Crippen molar-refractivity contribution < 1.29 is 24.1 Å². The third-order valence-corrected chi connectivity index (χ3v) is 7.29. The van der Waals surface area contributed by atoms with Gasteiger partial charge >= 0.3 is 0 Å². The molecule has 6 nitrogen and oxygen atoms in total. The largest absolute Gasteiger partial charge is 0.454 e. The number of aliphatic hydroxyl groups excluding tert-OH is 1. The second kappa shape index (κ2) is 4.68. The first-order valence-corrected chi connectivity index (χ1v) is 9.20. The van der Waals surface area contributed by atoms with E-state index in [1.54, 1.807) is 7.11 Å². The Morgan fingerprint density at radius 1 is 1.24 bits per heavy atom. The Bertz CT molecular complexity index is 754. The number of aliphatic hydroxyl groups is 1. The molecule has 5 aliphatic heterocycles. The number of hydrogen-bond acceptors (Lipinski definition) is 6. The van der Waals surface area contributed by atoms with E-state index in [4.69, 9.17) is 18.9 Å². The minimum absolute atomic E-state index is 0.0192. The van der Waals surface area contributed by atoms with Crippen LogP contribution in [0.2, 0.25) is 0 Å². The van der Waals surface area contributed by atoms with Crippen LogP contribution in [0.1, 0.15) is 42.4 Å². The van der Waals surface area contributed by atoms with Crippen molar-refractivity contribution in [3.63, 3.8) is 0 Å². The fraction of sp³-hybridized carbons (Fsp3) is 0.684. The van der Waals surface area contributed by atoms with Gasteiger partial charge in [0.15, 0.2) is 11.5 Å². The van der Waals surface area contributed by atoms with Gasteiger partial charge in [0, 0.05) is 31.5 Å². The Balaban J connectivity index is 1.63. The molecule has 134 valence electrons. The number of hydrogen-bond donors (Lipinski definition) is 1. The van der Waals surface area contributed by atoms with Gasteiger partial charge in [-0.2, -0.15) is 0 Å². The molecule has 1 N–H and O–H groups in total. The molecule has 1 aromatic rings. The average Bonchev–Trinajstić information content (AvgIpc) is 3.26. The highest BCUT2D eigenvalue weighted by Gasteiger charge is 2.67. The van der Waals surface area contributed by atoms with E-state index in [0.717, 1.165) is 55.0 Å². The van der Waals surface area contributed by atoms with Gasteiger partial charge in [-0.1, -0.05) is 0 Å². The van der Waals surface area contributed by atoms with Gasteiger partial charge in [-0.05, 0) is 42.6 Å². The highest BCUT2D eigenvalue weighted by molar-refractivity contribution is 5.54. The summed E-state index contributed by atoms with van der Waals surface area (Å²) in [7, 11) is 1.71. The van der Waals surface area contributed by atoms with Crippen molar-refractivity contribution in [2.45, 2.75) is 48.5 Å². The molecule has 6 heteroatoms. The van der Waals surface area contributed by atoms with Gasteiger partial charge in [-0.3, -0.25) is 4.90 Å². The lowest BCUT2D eigenvalue weighted by molar-refractivity contribution is -0.155. The van der Waals surface area contributed by atoms with Crippen LogP contribution in [0, 0.1) is 0 Å². The van der Waals surface area contributed by atoms with E-state index in [-0.39, 0.29) is 24.4 Å². The molecule has 2 saturated heterocycles. The molecule has 1 aromatic carbocycles. The van der Waals surface area contributed by atoms with Crippen LogP contribution in [0.3, 0.4) is 0 Å². The number of methoxy groups -OCH3 is 1. The summed E-state index contributed by atoms with van der Waals surface area (Å²) < 4.78 is 23.5. The zero-order valence-electron chi connectivity index (χ0n) is 14.4. The molecule has 25 heavy (non-hydrogen) atoms. The molecule has 1 saturated carbocycles. The summed E-state index contributed by atoms with van der Waals surface area (Å²) in [5, 5.41) is 11.4. The van der Waals surface area contributed by atoms with Crippen LogP contribution in [-0.4, -0.2) is 60.8 Å². The fourth-order valence-corrected chi connectivity index (χ4v) is 6.16. The minimum atomic E-state index is -0.625. The monoisotopic (exact) mass is 345 g/mol. The number of fused-ring (bicyclic) bond motifs is 2. The first-order valence-electron chi connectivity index (χ1n) is 9.20. The molecule has 1 aliphatic carbocycles. The second-order valence-corrected chi connectivity index (χ2v) is 8.16.